The highest BCUT2D eigenvalue weighted by Crippen LogP contribution is 2.15. The van der Waals surface area contributed by atoms with Crippen LogP contribution in [0.1, 0.15) is 18.4 Å². The summed E-state index contributed by atoms with van der Waals surface area (Å²) in [5.74, 6) is -3.49. The first-order valence-corrected chi connectivity index (χ1v) is 6.51. The Bertz CT molecular complexity index is 525. The molecule has 0 radical (unpaired) electrons. The fraction of sp³-hybridized carbons (Fsp3) is 0.400. The highest BCUT2D eigenvalue weighted by molar-refractivity contribution is 5.84. The molecule has 7 heteroatoms. The van der Waals surface area contributed by atoms with Gasteiger partial charge in [0.2, 0.25) is 0 Å². The van der Waals surface area contributed by atoms with Gasteiger partial charge < -0.3 is 14.2 Å². The number of hydrogen-bond acceptors (Lipinski definition) is 6. The minimum absolute atomic E-state index is 0.157. The molecule has 0 amide bonds. The summed E-state index contributed by atoms with van der Waals surface area (Å²) >= 11 is 0. The van der Waals surface area contributed by atoms with Crippen molar-refractivity contribution in [3.05, 3.63) is 35.6 Å². The van der Waals surface area contributed by atoms with Gasteiger partial charge in [-0.25, -0.2) is 4.39 Å². The highest BCUT2D eigenvalue weighted by atomic mass is 19.1. The van der Waals surface area contributed by atoms with Gasteiger partial charge in [-0.3, -0.25) is 14.4 Å². The summed E-state index contributed by atoms with van der Waals surface area (Å²) in [7, 11) is 2.35. The van der Waals surface area contributed by atoms with Crippen LogP contribution in [0.5, 0.6) is 0 Å². The molecule has 0 fully saturated rings. The van der Waals surface area contributed by atoms with Gasteiger partial charge >= 0.3 is 17.9 Å². The summed E-state index contributed by atoms with van der Waals surface area (Å²) in [6.07, 6.45) is -0.596. The standard InChI is InChI=1S/C15H17FO6/c1-20-13(17)7-11(8-14(18)21-2)15(19)22-9-10-4-3-5-12(16)6-10/h3-6,11H,7-9H2,1-2H3. The Morgan fingerprint density at radius 1 is 1.09 bits per heavy atom. The monoisotopic (exact) mass is 312 g/mol. The van der Waals surface area contributed by atoms with Crippen molar-refractivity contribution in [2.24, 2.45) is 5.92 Å². The maximum absolute atomic E-state index is 13.0. The van der Waals surface area contributed by atoms with Gasteiger partial charge in [0.15, 0.2) is 0 Å². The Balaban J connectivity index is 2.65. The molecule has 1 aromatic rings. The van der Waals surface area contributed by atoms with Crippen molar-refractivity contribution in [2.75, 3.05) is 14.2 Å². The summed E-state index contributed by atoms with van der Waals surface area (Å²) < 4.78 is 27.0. The van der Waals surface area contributed by atoms with Crippen molar-refractivity contribution in [3.8, 4) is 0 Å². The quantitative estimate of drug-likeness (QED) is 0.562. The predicted molar refractivity (Wildman–Crippen MR) is 73.0 cm³/mol. The van der Waals surface area contributed by atoms with E-state index < -0.39 is 29.6 Å². The lowest BCUT2D eigenvalue weighted by atomic mass is 10.0. The van der Waals surface area contributed by atoms with Crippen LogP contribution in [0.4, 0.5) is 4.39 Å². The summed E-state index contributed by atoms with van der Waals surface area (Å²) in [5, 5.41) is 0. The Hall–Kier alpha value is -2.44. The topological polar surface area (TPSA) is 78.9 Å². The van der Waals surface area contributed by atoms with Crippen LogP contribution >= 0.6 is 0 Å². The molecule has 0 aliphatic carbocycles. The molecule has 0 aromatic heterocycles. The molecule has 0 saturated carbocycles. The van der Waals surface area contributed by atoms with Crippen molar-refractivity contribution in [1.82, 2.24) is 0 Å². The molecule has 0 spiro atoms. The summed E-state index contributed by atoms with van der Waals surface area (Å²) in [5.41, 5.74) is 0.461. The van der Waals surface area contributed by atoms with Crippen LogP contribution in [0.25, 0.3) is 0 Å². The number of ether oxygens (including phenoxy) is 3. The van der Waals surface area contributed by atoms with E-state index in [0.717, 1.165) is 0 Å². The van der Waals surface area contributed by atoms with E-state index in [0.29, 0.717) is 5.56 Å². The average molecular weight is 312 g/mol. The largest absolute Gasteiger partial charge is 0.469 e. The van der Waals surface area contributed by atoms with E-state index in [-0.39, 0.29) is 19.4 Å². The van der Waals surface area contributed by atoms with E-state index in [4.69, 9.17) is 4.74 Å². The van der Waals surface area contributed by atoms with Gasteiger partial charge in [0.25, 0.3) is 0 Å². The molecule has 1 rings (SSSR count). The van der Waals surface area contributed by atoms with Gasteiger partial charge in [0.05, 0.1) is 33.0 Å². The molecule has 6 nitrogen and oxygen atoms in total. The Labute approximate surface area is 127 Å². The molecule has 0 bridgehead atoms. The third-order valence-corrected chi connectivity index (χ3v) is 2.88. The van der Waals surface area contributed by atoms with E-state index in [1.54, 1.807) is 6.07 Å². The van der Waals surface area contributed by atoms with Gasteiger partial charge in [-0.2, -0.15) is 0 Å². The van der Waals surface area contributed by atoms with Crippen LogP contribution in [0.15, 0.2) is 24.3 Å². The second-order valence-corrected chi connectivity index (χ2v) is 4.50. The van der Waals surface area contributed by atoms with Gasteiger partial charge in [0, 0.05) is 0 Å². The van der Waals surface area contributed by atoms with Crippen molar-refractivity contribution in [1.29, 1.82) is 0 Å². The molecule has 120 valence electrons. The van der Waals surface area contributed by atoms with Crippen molar-refractivity contribution in [2.45, 2.75) is 19.4 Å². The predicted octanol–water partition coefficient (Wildman–Crippen LogP) is 1.61. The van der Waals surface area contributed by atoms with Crippen LogP contribution in [0, 0.1) is 11.7 Å². The maximum Gasteiger partial charge on any atom is 0.310 e. The molecule has 0 atom stereocenters. The van der Waals surface area contributed by atoms with Gasteiger partial charge in [-0.15, -0.1) is 0 Å². The number of halogens is 1. The zero-order valence-electron chi connectivity index (χ0n) is 12.3. The normalized spacial score (nSPS) is 10.2. The number of rotatable bonds is 7. The minimum atomic E-state index is -1.01. The van der Waals surface area contributed by atoms with Crippen LogP contribution in [0.2, 0.25) is 0 Å². The van der Waals surface area contributed by atoms with Crippen LogP contribution in [-0.2, 0) is 35.2 Å². The maximum atomic E-state index is 13.0. The smallest absolute Gasteiger partial charge is 0.310 e. The van der Waals surface area contributed by atoms with E-state index in [1.807, 2.05) is 0 Å². The molecule has 0 unspecified atom stereocenters. The summed E-state index contributed by atoms with van der Waals surface area (Å²) in [6.45, 7) is -0.157. The Morgan fingerprint density at radius 2 is 1.68 bits per heavy atom. The first kappa shape index (κ1) is 17.6. The molecule has 0 aliphatic rings. The fourth-order valence-electron chi connectivity index (χ4n) is 1.71. The molecular formula is C15H17FO6. The highest BCUT2D eigenvalue weighted by Gasteiger charge is 2.27. The number of carbonyl (C=O) groups excluding carboxylic acids is 3. The van der Waals surface area contributed by atoms with Gasteiger partial charge in [-0.05, 0) is 17.7 Å². The number of benzene rings is 1. The SMILES string of the molecule is COC(=O)CC(CC(=O)OC)C(=O)OCc1cccc(F)c1. The lowest BCUT2D eigenvalue weighted by Crippen LogP contribution is -2.24. The summed E-state index contributed by atoms with van der Waals surface area (Å²) in [6, 6.07) is 5.57. The van der Waals surface area contributed by atoms with Gasteiger partial charge in [-0.1, -0.05) is 12.1 Å². The van der Waals surface area contributed by atoms with Crippen LogP contribution in [-0.4, -0.2) is 32.1 Å². The summed E-state index contributed by atoms with van der Waals surface area (Å²) in [4.78, 5) is 34.5. The number of carbonyl (C=O) groups is 3. The molecule has 1 aromatic carbocycles. The first-order chi connectivity index (χ1) is 10.5. The third-order valence-electron chi connectivity index (χ3n) is 2.88. The minimum Gasteiger partial charge on any atom is -0.469 e. The first-order valence-electron chi connectivity index (χ1n) is 6.51. The van der Waals surface area contributed by atoms with Crippen LogP contribution in [0.3, 0.4) is 0 Å². The van der Waals surface area contributed by atoms with E-state index >= 15 is 0 Å². The lowest BCUT2D eigenvalue weighted by Gasteiger charge is -2.14. The zero-order valence-corrected chi connectivity index (χ0v) is 12.3. The number of hydrogen-bond donors (Lipinski definition) is 0. The number of esters is 3. The molecule has 0 N–H and O–H groups in total. The lowest BCUT2D eigenvalue weighted by molar-refractivity contribution is -0.158. The van der Waals surface area contributed by atoms with Crippen molar-refractivity contribution in [3.63, 3.8) is 0 Å². The van der Waals surface area contributed by atoms with Crippen molar-refractivity contribution < 1.29 is 33.0 Å². The molecule has 0 heterocycles. The van der Waals surface area contributed by atoms with E-state index in [9.17, 15) is 18.8 Å². The molecular weight excluding hydrogens is 295 g/mol. The van der Waals surface area contributed by atoms with E-state index in [2.05, 4.69) is 9.47 Å². The Kier molecular flexibility index (Phi) is 7.01. The second kappa shape index (κ2) is 8.76. The molecule has 0 saturated heterocycles. The van der Waals surface area contributed by atoms with Crippen LogP contribution < -0.4 is 0 Å². The Morgan fingerprint density at radius 3 is 2.18 bits per heavy atom. The molecule has 22 heavy (non-hydrogen) atoms. The third kappa shape index (κ3) is 5.90. The zero-order chi connectivity index (χ0) is 16.5. The molecule has 0 aliphatic heterocycles. The van der Waals surface area contributed by atoms with E-state index in [1.165, 1.54) is 32.4 Å². The average Bonchev–Trinajstić information content (AvgIpc) is 2.51. The number of methoxy groups -OCH3 is 2. The van der Waals surface area contributed by atoms with Crippen molar-refractivity contribution >= 4 is 17.9 Å². The van der Waals surface area contributed by atoms with Gasteiger partial charge in [0.1, 0.15) is 12.4 Å². The fourth-order valence-corrected chi connectivity index (χ4v) is 1.71. The second-order valence-electron chi connectivity index (χ2n) is 4.50.